The van der Waals surface area contributed by atoms with E-state index in [4.69, 9.17) is 23.2 Å². The number of phenols is 1. The van der Waals surface area contributed by atoms with E-state index in [9.17, 15) is 14.7 Å². The van der Waals surface area contributed by atoms with Gasteiger partial charge in [-0.1, -0.05) is 23.2 Å². The minimum absolute atomic E-state index is 0.0718. The first-order valence-electron chi connectivity index (χ1n) is 6.27. The quantitative estimate of drug-likeness (QED) is 0.782. The van der Waals surface area contributed by atoms with Crippen LogP contribution in [0, 0.1) is 0 Å². The highest BCUT2D eigenvalue weighted by Gasteiger charge is 2.43. The second-order valence-electron chi connectivity index (χ2n) is 5.02. The van der Waals surface area contributed by atoms with E-state index in [0.29, 0.717) is 35.0 Å². The van der Waals surface area contributed by atoms with Gasteiger partial charge in [0.1, 0.15) is 11.8 Å². The molecule has 2 heterocycles. The lowest BCUT2D eigenvalue weighted by Crippen LogP contribution is -2.41. The second-order valence-corrected chi connectivity index (χ2v) is 5.80. The monoisotopic (exact) mass is 314 g/mol. The average Bonchev–Trinajstić information content (AvgIpc) is 2.70. The van der Waals surface area contributed by atoms with Crippen molar-refractivity contribution in [2.75, 3.05) is 6.54 Å². The highest BCUT2D eigenvalue weighted by Crippen LogP contribution is 2.43. The lowest BCUT2D eigenvalue weighted by atomic mass is 9.85. The van der Waals surface area contributed by atoms with Gasteiger partial charge < -0.3 is 10.0 Å². The molecule has 0 radical (unpaired) electrons. The second kappa shape index (κ2) is 4.82. The molecule has 3 rings (SSSR count). The normalized spacial score (nSPS) is 25.6. The first-order valence-corrected chi connectivity index (χ1v) is 7.03. The Balaban J connectivity index is 1.92. The van der Waals surface area contributed by atoms with Crippen LogP contribution in [0.25, 0.3) is 0 Å². The Kier molecular flexibility index (Phi) is 3.26. The molecule has 2 N–H and O–H groups in total. The van der Waals surface area contributed by atoms with Crippen molar-refractivity contribution in [3.05, 3.63) is 27.7 Å². The van der Waals surface area contributed by atoms with Gasteiger partial charge in [-0.3, -0.25) is 10.1 Å². The predicted octanol–water partition coefficient (Wildman–Crippen LogP) is 2.50. The van der Waals surface area contributed by atoms with E-state index in [1.807, 2.05) is 0 Å². The van der Waals surface area contributed by atoms with E-state index in [2.05, 4.69) is 5.32 Å². The van der Waals surface area contributed by atoms with Gasteiger partial charge in [-0.05, 0) is 30.9 Å². The summed E-state index contributed by atoms with van der Waals surface area (Å²) >= 11 is 12.1. The average molecular weight is 315 g/mol. The number of urea groups is 1. The fraction of sp³-hybridized carbons (Fsp3) is 0.385. The van der Waals surface area contributed by atoms with Crippen LogP contribution >= 0.6 is 23.2 Å². The number of amides is 3. The molecule has 2 saturated heterocycles. The zero-order valence-electron chi connectivity index (χ0n) is 10.4. The molecule has 0 aromatic heterocycles. The molecule has 2 aliphatic heterocycles. The van der Waals surface area contributed by atoms with Gasteiger partial charge in [0, 0.05) is 12.1 Å². The fourth-order valence-corrected chi connectivity index (χ4v) is 3.40. The number of phenolic OH excluding ortho intramolecular Hbond substituents is 1. The zero-order chi connectivity index (χ0) is 14.4. The van der Waals surface area contributed by atoms with Gasteiger partial charge in [0.25, 0.3) is 5.91 Å². The van der Waals surface area contributed by atoms with Crippen molar-refractivity contribution < 1.29 is 14.7 Å². The number of hydrogen-bond acceptors (Lipinski definition) is 3. The van der Waals surface area contributed by atoms with Gasteiger partial charge in [-0.2, -0.15) is 0 Å². The molecular weight excluding hydrogens is 303 g/mol. The van der Waals surface area contributed by atoms with E-state index in [-0.39, 0.29) is 23.6 Å². The van der Waals surface area contributed by atoms with Crippen molar-refractivity contribution in [1.82, 2.24) is 10.2 Å². The lowest BCUT2D eigenvalue weighted by molar-refractivity contribution is -0.122. The van der Waals surface area contributed by atoms with Gasteiger partial charge in [-0.25, -0.2) is 4.79 Å². The molecule has 0 saturated carbocycles. The number of rotatable bonds is 1. The number of imide groups is 1. The van der Waals surface area contributed by atoms with E-state index in [0.717, 1.165) is 0 Å². The smallest absolute Gasteiger partial charge is 0.324 e. The summed E-state index contributed by atoms with van der Waals surface area (Å²) in [6.07, 6.45) is 1.07. The van der Waals surface area contributed by atoms with Crippen LogP contribution in [0.1, 0.15) is 24.3 Å². The van der Waals surface area contributed by atoms with Gasteiger partial charge in [0.05, 0.1) is 10.0 Å². The predicted molar refractivity (Wildman–Crippen MR) is 74.1 cm³/mol. The highest BCUT2D eigenvalue weighted by atomic mass is 35.5. The van der Waals surface area contributed by atoms with Gasteiger partial charge in [0.2, 0.25) is 0 Å². The van der Waals surface area contributed by atoms with Gasteiger partial charge in [-0.15, -0.1) is 0 Å². The summed E-state index contributed by atoms with van der Waals surface area (Å²) in [7, 11) is 0. The Morgan fingerprint density at radius 2 is 2.05 bits per heavy atom. The van der Waals surface area contributed by atoms with E-state index in [1.54, 1.807) is 0 Å². The first kappa shape index (κ1) is 13.5. The maximum absolute atomic E-state index is 11.7. The maximum Gasteiger partial charge on any atom is 0.324 e. The van der Waals surface area contributed by atoms with Crippen molar-refractivity contribution in [2.45, 2.75) is 24.8 Å². The van der Waals surface area contributed by atoms with Crippen LogP contribution in [0.4, 0.5) is 4.79 Å². The number of piperidine rings is 1. The molecule has 106 valence electrons. The Bertz CT molecular complexity index is 606. The zero-order valence-corrected chi connectivity index (χ0v) is 11.9. The molecule has 2 atom stereocenters. The molecule has 1 aromatic rings. The molecule has 2 fully saturated rings. The number of benzene rings is 1. The SMILES string of the molecule is O=C1NC(=O)N2CCC(c3c(O)ccc(Cl)c3Cl)CC12. The van der Waals surface area contributed by atoms with Crippen molar-refractivity contribution in [2.24, 2.45) is 0 Å². The summed E-state index contributed by atoms with van der Waals surface area (Å²) in [5.74, 6) is -0.320. The lowest BCUT2D eigenvalue weighted by Gasteiger charge is -2.33. The van der Waals surface area contributed by atoms with Crippen molar-refractivity contribution in [1.29, 1.82) is 0 Å². The minimum Gasteiger partial charge on any atom is -0.508 e. The van der Waals surface area contributed by atoms with Gasteiger partial charge in [0.15, 0.2) is 0 Å². The number of carbonyl (C=O) groups is 2. The van der Waals surface area contributed by atoms with Gasteiger partial charge >= 0.3 is 6.03 Å². The number of carbonyl (C=O) groups excluding carboxylic acids is 2. The largest absolute Gasteiger partial charge is 0.508 e. The fourth-order valence-electron chi connectivity index (χ4n) is 2.92. The topological polar surface area (TPSA) is 69.6 Å². The number of nitrogens with one attached hydrogen (secondary N) is 1. The molecule has 2 unspecified atom stereocenters. The van der Waals surface area contributed by atoms with Crippen molar-refractivity contribution in [3.8, 4) is 5.75 Å². The van der Waals surface area contributed by atoms with Crippen LogP contribution in [-0.2, 0) is 4.79 Å². The number of fused-ring (bicyclic) bond motifs is 1. The van der Waals surface area contributed by atoms with E-state index in [1.165, 1.54) is 17.0 Å². The molecular formula is C13H12Cl2N2O3. The molecule has 20 heavy (non-hydrogen) atoms. The minimum atomic E-state index is -0.490. The molecule has 0 bridgehead atoms. The van der Waals surface area contributed by atoms with E-state index < -0.39 is 6.04 Å². The highest BCUT2D eigenvalue weighted by molar-refractivity contribution is 6.42. The Morgan fingerprint density at radius 3 is 2.80 bits per heavy atom. The number of halogens is 2. The van der Waals surface area contributed by atoms with E-state index >= 15 is 0 Å². The maximum atomic E-state index is 11.7. The van der Waals surface area contributed by atoms with Crippen molar-refractivity contribution >= 4 is 35.1 Å². The number of hydrogen-bond donors (Lipinski definition) is 2. The first-order chi connectivity index (χ1) is 9.49. The third kappa shape index (κ3) is 2.01. The third-order valence-electron chi connectivity index (χ3n) is 3.91. The molecule has 7 heteroatoms. The van der Waals surface area contributed by atoms with Crippen LogP contribution in [0.3, 0.4) is 0 Å². The summed E-state index contributed by atoms with van der Waals surface area (Å²) in [4.78, 5) is 24.8. The van der Waals surface area contributed by atoms with Crippen molar-refractivity contribution in [3.63, 3.8) is 0 Å². The van der Waals surface area contributed by atoms with Crippen LogP contribution in [0.2, 0.25) is 10.0 Å². The molecule has 1 aromatic carbocycles. The van der Waals surface area contributed by atoms with Crippen LogP contribution in [0.15, 0.2) is 12.1 Å². The Labute approximate surface area is 125 Å². The molecule has 0 aliphatic carbocycles. The molecule has 5 nitrogen and oxygen atoms in total. The van der Waals surface area contributed by atoms with Crippen LogP contribution in [-0.4, -0.2) is 34.5 Å². The summed E-state index contributed by atoms with van der Waals surface area (Å²) in [5, 5.41) is 13.0. The Morgan fingerprint density at radius 1 is 1.30 bits per heavy atom. The summed E-state index contributed by atoms with van der Waals surface area (Å²) < 4.78 is 0. The standard InChI is InChI=1S/C13H12Cl2N2O3/c14-7-1-2-9(18)10(11(7)15)6-3-4-17-8(5-6)12(19)16-13(17)20/h1-2,6,8,18H,3-5H2,(H,16,19,20). The van der Waals surface area contributed by atoms with Crippen LogP contribution in [0.5, 0.6) is 5.75 Å². The molecule has 2 aliphatic rings. The van der Waals surface area contributed by atoms with Crippen LogP contribution < -0.4 is 5.32 Å². The Hall–Kier alpha value is -1.46. The third-order valence-corrected chi connectivity index (χ3v) is 4.73. The number of aromatic hydroxyl groups is 1. The summed E-state index contributed by atoms with van der Waals surface area (Å²) in [6, 6.07) is 2.19. The molecule has 3 amide bonds. The molecule has 0 spiro atoms. The number of nitrogens with zero attached hydrogens (tertiary/aromatic N) is 1. The summed E-state index contributed by atoms with van der Waals surface area (Å²) in [5.41, 5.74) is 0.561. The summed E-state index contributed by atoms with van der Waals surface area (Å²) in [6.45, 7) is 0.454.